The molecule has 0 spiro atoms. The number of carbonyl (C=O) groups excluding carboxylic acids is 1. The molecule has 5 rings (SSSR count). The van der Waals surface area contributed by atoms with Crippen LogP contribution in [0.3, 0.4) is 0 Å². The van der Waals surface area contributed by atoms with Gasteiger partial charge in [-0.05, 0) is 49.2 Å². The summed E-state index contributed by atoms with van der Waals surface area (Å²) in [6.07, 6.45) is 8.02. The van der Waals surface area contributed by atoms with Crippen LogP contribution in [0.4, 0.5) is 11.6 Å². The molecule has 164 valence electrons. The maximum absolute atomic E-state index is 13.7. The molecule has 0 unspecified atom stereocenters. The predicted molar refractivity (Wildman–Crippen MR) is 126 cm³/mol. The van der Waals surface area contributed by atoms with Gasteiger partial charge in [-0.1, -0.05) is 49.2 Å². The molecule has 6 nitrogen and oxygen atoms in total. The van der Waals surface area contributed by atoms with Crippen molar-refractivity contribution < 1.29 is 4.79 Å². The van der Waals surface area contributed by atoms with E-state index < -0.39 is 0 Å². The quantitative estimate of drug-likeness (QED) is 0.647. The Morgan fingerprint density at radius 3 is 2.66 bits per heavy atom. The number of benzene rings is 2. The maximum Gasteiger partial charge on any atom is 0.254 e. The lowest BCUT2D eigenvalue weighted by Crippen LogP contribution is -2.47. The third-order valence-electron chi connectivity index (χ3n) is 6.62. The summed E-state index contributed by atoms with van der Waals surface area (Å²) in [4.78, 5) is 24.3. The molecule has 1 aromatic heterocycles. The Bertz CT molecular complexity index is 1040. The molecule has 32 heavy (non-hydrogen) atoms. The maximum atomic E-state index is 13.7. The number of nitrogens with one attached hydrogen (secondary N) is 2. The number of hydrogen-bond donors (Lipinski definition) is 2. The number of amides is 1. The average Bonchev–Trinajstić information content (AvgIpc) is 3.17. The first kappa shape index (κ1) is 20.6. The van der Waals surface area contributed by atoms with E-state index in [1.807, 2.05) is 24.3 Å². The van der Waals surface area contributed by atoms with Crippen LogP contribution in [-0.4, -0.2) is 45.9 Å². The van der Waals surface area contributed by atoms with Crippen LogP contribution in [0, 0.1) is 0 Å². The van der Waals surface area contributed by atoms with Gasteiger partial charge in [0.15, 0.2) is 0 Å². The van der Waals surface area contributed by atoms with E-state index in [1.54, 1.807) is 18.5 Å². The smallest absolute Gasteiger partial charge is 0.254 e. The van der Waals surface area contributed by atoms with Gasteiger partial charge >= 0.3 is 0 Å². The van der Waals surface area contributed by atoms with Crippen LogP contribution in [0.15, 0.2) is 73.1 Å². The molecule has 0 bridgehead atoms. The summed E-state index contributed by atoms with van der Waals surface area (Å²) in [5, 5.41) is 6.98. The van der Waals surface area contributed by atoms with E-state index >= 15 is 0 Å². The van der Waals surface area contributed by atoms with E-state index in [-0.39, 0.29) is 11.9 Å². The molecule has 6 heteroatoms. The Balaban J connectivity index is 1.41. The highest BCUT2D eigenvalue weighted by Gasteiger charge is 2.44. The minimum atomic E-state index is 0.0958. The third kappa shape index (κ3) is 4.36. The van der Waals surface area contributed by atoms with Crippen LogP contribution in [-0.2, 0) is 0 Å². The second-order valence-electron chi connectivity index (χ2n) is 8.65. The first-order valence-corrected chi connectivity index (χ1v) is 11.5. The van der Waals surface area contributed by atoms with Gasteiger partial charge in [0.05, 0.1) is 0 Å². The van der Waals surface area contributed by atoms with Gasteiger partial charge in [0, 0.05) is 48.2 Å². The standard InChI is InChI=1S/C26H29N5O/c32-25(20-11-7-12-21(17-20)30-26-28-15-8-16-29-26)31-18-22(19-9-3-1-4-10-19)24-23(31)13-5-2-6-14-27-24/h1,3-4,7-12,15-17,22-24,27H,2,5-6,13-14,18H2,(H,28,29,30)/t22-,23-,24-/m0/s1. The molecule has 2 fully saturated rings. The topological polar surface area (TPSA) is 70.2 Å². The Kier molecular flexibility index (Phi) is 6.12. The van der Waals surface area contributed by atoms with Crippen molar-refractivity contribution in [3.63, 3.8) is 0 Å². The zero-order valence-electron chi connectivity index (χ0n) is 18.2. The van der Waals surface area contributed by atoms with Crippen LogP contribution >= 0.6 is 0 Å². The Morgan fingerprint density at radius 2 is 1.81 bits per heavy atom. The number of nitrogens with zero attached hydrogens (tertiary/aromatic N) is 3. The molecule has 0 saturated carbocycles. The van der Waals surface area contributed by atoms with Crippen LogP contribution in [0.1, 0.15) is 47.5 Å². The average molecular weight is 428 g/mol. The van der Waals surface area contributed by atoms with E-state index in [1.165, 1.54) is 24.8 Å². The third-order valence-corrected chi connectivity index (χ3v) is 6.62. The van der Waals surface area contributed by atoms with Crippen LogP contribution < -0.4 is 10.6 Å². The summed E-state index contributed by atoms with van der Waals surface area (Å²) < 4.78 is 0. The van der Waals surface area contributed by atoms with E-state index in [4.69, 9.17) is 0 Å². The minimum Gasteiger partial charge on any atom is -0.333 e. The number of hydrogen-bond acceptors (Lipinski definition) is 5. The zero-order chi connectivity index (χ0) is 21.8. The fourth-order valence-electron chi connectivity index (χ4n) is 5.10. The Labute approximate surface area is 189 Å². The summed E-state index contributed by atoms with van der Waals surface area (Å²) in [6.45, 7) is 1.76. The van der Waals surface area contributed by atoms with E-state index in [2.05, 4.69) is 55.8 Å². The molecular weight excluding hydrogens is 398 g/mol. The van der Waals surface area contributed by atoms with Crippen molar-refractivity contribution in [3.05, 3.63) is 84.2 Å². The molecule has 1 amide bonds. The van der Waals surface area contributed by atoms with Gasteiger partial charge in [-0.15, -0.1) is 0 Å². The van der Waals surface area contributed by atoms with Gasteiger partial charge in [-0.25, -0.2) is 9.97 Å². The molecule has 2 aromatic carbocycles. The lowest BCUT2D eigenvalue weighted by Gasteiger charge is -2.31. The van der Waals surface area contributed by atoms with Gasteiger partial charge < -0.3 is 15.5 Å². The van der Waals surface area contributed by atoms with Crippen LogP contribution in [0.25, 0.3) is 0 Å². The molecule has 2 aliphatic rings. The Morgan fingerprint density at radius 1 is 0.969 bits per heavy atom. The highest BCUT2D eigenvalue weighted by atomic mass is 16.2. The number of fused-ring (bicyclic) bond motifs is 1. The lowest BCUT2D eigenvalue weighted by molar-refractivity contribution is 0.0713. The van der Waals surface area contributed by atoms with E-state index in [0.717, 1.165) is 25.2 Å². The lowest BCUT2D eigenvalue weighted by atomic mass is 9.88. The van der Waals surface area contributed by atoms with Crippen molar-refractivity contribution >= 4 is 17.5 Å². The molecule has 3 heterocycles. The zero-order valence-corrected chi connectivity index (χ0v) is 18.2. The van der Waals surface area contributed by atoms with Crippen molar-refractivity contribution in [1.82, 2.24) is 20.2 Å². The number of anilines is 2. The van der Waals surface area contributed by atoms with E-state index in [9.17, 15) is 4.79 Å². The first-order valence-electron chi connectivity index (χ1n) is 11.5. The largest absolute Gasteiger partial charge is 0.333 e. The summed E-state index contributed by atoms with van der Waals surface area (Å²) in [6, 6.07) is 20.6. The monoisotopic (exact) mass is 427 g/mol. The highest BCUT2D eigenvalue weighted by molar-refractivity contribution is 5.96. The highest BCUT2D eigenvalue weighted by Crippen LogP contribution is 2.36. The van der Waals surface area contributed by atoms with E-state index in [0.29, 0.717) is 23.5 Å². The normalized spacial score (nSPS) is 23.1. The van der Waals surface area contributed by atoms with Gasteiger partial charge in [0.2, 0.25) is 5.95 Å². The van der Waals surface area contributed by atoms with Crippen molar-refractivity contribution in [2.24, 2.45) is 0 Å². The summed E-state index contributed by atoms with van der Waals surface area (Å²) in [5.74, 6) is 0.924. The minimum absolute atomic E-state index is 0.0958. The Hall–Kier alpha value is -3.25. The molecule has 0 radical (unpaired) electrons. The fraction of sp³-hybridized carbons (Fsp3) is 0.346. The van der Waals surface area contributed by atoms with Crippen LogP contribution in [0.5, 0.6) is 0 Å². The molecular formula is C26H29N5O. The van der Waals surface area contributed by atoms with Gasteiger partial charge in [-0.3, -0.25) is 4.79 Å². The van der Waals surface area contributed by atoms with Crippen molar-refractivity contribution in [3.8, 4) is 0 Å². The predicted octanol–water partition coefficient (Wildman–Crippen LogP) is 4.36. The fourth-order valence-corrected chi connectivity index (χ4v) is 5.10. The molecule has 2 saturated heterocycles. The van der Waals surface area contributed by atoms with Crippen molar-refractivity contribution in [2.75, 3.05) is 18.4 Å². The van der Waals surface area contributed by atoms with Gasteiger partial charge in [0.25, 0.3) is 5.91 Å². The summed E-state index contributed by atoms with van der Waals surface area (Å²) in [5.41, 5.74) is 2.82. The molecule has 3 aromatic rings. The SMILES string of the molecule is O=C(c1cccc(Nc2ncccn2)c1)N1C[C@@H](c2ccccc2)[C@@H]2NCCCCC[C@@H]21. The number of rotatable bonds is 4. The molecule has 2 aliphatic heterocycles. The molecule has 3 atom stereocenters. The van der Waals surface area contributed by atoms with Gasteiger partial charge in [0.1, 0.15) is 0 Å². The summed E-state index contributed by atoms with van der Waals surface area (Å²) in [7, 11) is 0. The number of likely N-dealkylation sites (tertiary alicyclic amines) is 1. The second-order valence-corrected chi connectivity index (χ2v) is 8.65. The number of aromatic nitrogens is 2. The molecule has 2 N–H and O–H groups in total. The molecule has 0 aliphatic carbocycles. The van der Waals surface area contributed by atoms with Crippen molar-refractivity contribution in [1.29, 1.82) is 0 Å². The van der Waals surface area contributed by atoms with Crippen LogP contribution in [0.2, 0.25) is 0 Å². The first-order chi connectivity index (χ1) is 15.8. The second kappa shape index (κ2) is 9.49. The van der Waals surface area contributed by atoms with Gasteiger partial charge in [-0.2, -0.15) is 0 Å². The van der Waals surface area contributed by atoms with Crippen molar-refractivity contribution in [2.45, 2.75) is 43.7 Å². The number of carbonyl (C=O) groups is 1. The summed E-state index contributed by atoms with van der Waals surface area (Å²) >= 11 is 0.